The van der Waals surface area contributed by atoms with E-state index in [4.69, 9.17) is 13.6 Å². The smallest absolute Gasteiger partial charge is 0.308 e. The fourth-order valence-corrected chi connectivity index (χ4v) is 3.66. The molecule has 138 valence electrons. The quantitative estimate of drug-likeness (QED) is 0.522. The summed E-state index contributed by atoms with van der Waals surface area (Å²) in [7, 11) is -0.854. The summed E-state index contributed by atoms with van der Waals surface area (Å²) in [4.78, 5) is 16.4. The van der Waals surface area contributed by atoms with Crippen molar-refractivity contribution in [2.24, 2.45) is 5.92 Å². The molecule has 2 rings (SSSR count). The maximum Gasteiger partial charge on any atom is 0.308 e. The number of nitrogens with zero attached hydrogens (tertiary/aromatic N) is 1. The molecule has 0 spiro atoms. The van der Waals surface area contributed by atoms with Crippen molar-refractivity contribution < 1.29 is 18.4 Å². The van der Waals surface area contributed by atoms with Crippen LogP contribution in [0, 0.1) is 12.8 Å². The zero-order valence-electron chi connectivity index (χ0n) is 16.1. The lowest BCUT2D eigenvalue weighted by atomic mass is 9.99. The van der Waals surface area contributed by atoms with Crippen LogP contribution in [0.25, 0.3) is 11.1 Å². The van der Waals surface area contributed by atoms with Crippen LogP contribution in [0.15, 0.2) is 22.6 Å². The van der Waals surface area contributed by atoms with E-state index in [2.05, 4.69) is 32.7 Å². The third kappa shape index (κ3) is 5.15. The molecule has 1 atom stereocenters. The molecular weight excluding hydrogens is 334 g/mol. The summed E-state index contributed by atoms with van der Waals surface area (Å²) in [6.07, 6.45) is -0.0812. The van der Waals surface area contributed by atoms with Gasteiger partial charge in [-0.2, -0.15) is 0 Å². The highest BCUT2D eigenvalue weighted by molar-refractivity contribution is 6.32. The van der Waals surface area contributed by atoms with Crippen molar-refractivity contribution >= 4 is 26.8 Å². The van der Waals surface area contributed by atoms with E-state index in [1.54, 1.807) is 0 Å². The van der Waals surface area contributed by atoms with Crippen molar-refractivity contribution in [1.82, 2.24) is 4.98 Å². The molecule has 0 bridgehead atoms. The van der Waals surface area contributed by atoms with Gasteiger partial charge in [-0.25, -0.2) is 4.98 Å². The van der Waals surface area contributed by atoms with E-state index in [-0.39, 0.29) is 23.5 Å². The van der Waals surface area contributed by atoms with Crippen LogP contribution in [0.2, 0.25) is 5.04 Å². The lowest BCUT2D eigenvalue weighted by Crippen LogP contribution is -2.25. The maximum absolute atomic E-state index is 12.0. The van der Waals surface area contributed by atoms with Crippen LogP contribution < -0.4 is 0 Å². The molecule has 6 heteroatoms. The van der Waals surface area contributed by atoms with Crippen molar-refractivity contribution in [2.75, 3.05) is 6.61 Å². The van der Waals surface area contributed by atoms with Crippen molar-refractivity contribution in [3.05, 3.63) is 29.7 Å². The molecule has 1 heterocycles. The molecule has 5 nitrogen and oxygen atoms in total. The van der Waals surface area contributed by atoms with Gasteiger partial charge in [-0.3, -0.25) is 4.79 Å². The van der Waals surface area contributed by atoms with Gasteiger partial charge in [0.05, 0.1) is 19.1 Å². The predicted octanol–water partition coefficient (Wildman–Crippen LogP) is 4.09. The minimum Gasteiger partial charge on any atom is -0.466 e. The molecule has 0 amide bonds. The first kappa shape index (κ1) is 19.7. The zero-order chi connectivity index (χ0) is 18.6. The first-order chi connectivity index (χ1) is 11.7. The second kappa shape index (κ2) is 8.14. The SMILES string of the molecule is CCOC(=O)C[C@H](O[SiH2]C(C)(C)C(C)C)c1ccc2oc(C)nc2c1. The standard InChI is InChI=1S/C19H29NO4Si/c1-7-22-18(21)11-17(24-25-19(5,6)12(2)3)14-8-9-16-15(10-14)20-13(4)23-16/h8-10,12,17H,7,11,25H2,1-6H3/t17-/m0/s1. The topological polar surface area (TPSA) is 61.6 Å². The predicted molar refractivity (Wildman–Crippen MR) is 101 cm³/mol. The minimum absolute atomic E-state index is 0.154. The number of esters is 1. The van der Waals surface area contributed by atoms with Gasteiger partial charge in [0.25, 0.3) is 0 Å². The second-order valence-corrected chi connectivity index (χ2v) is 9.86. The number of hydrogen-bond donors (Lipinski definition) is 0. The summed E-state index contributed by atoms with van der Waals surface area (Å²) in [6, 6.07) is 5.79. The molecule has 1 aromatic heterocycles. The Hall–Kier alpha value is -1.66. The molecule has 2 aromatic rings. The molecule has 0 saturated carbocycles. The molecule has 0 aliphatic heterocycles. The monoisotopic (exact) mass is 363 g/mol. The van der Waals surface area contributed by atoms with Crippen molar-refractivity contribution in [1.29, 1.82) is 0 Å². The summed E-state index contributed by atoms with van der Waals surface area (Å²) in [5, 5.41) is 0.154. The summed E-state index contributed by atoms with van der Waals surface area (Å²) in [5.74, 6) is 0.925. The second-order valence-electron chi connectivity index (χ2n) is 7.41. The van der Waals surface area contributed by atoms with E-state index in [1.807, 2.05) is 32.0 Å². The van der Waals surface area contributed by atoms with E-state index in [0.717, 1.165) is 16.7 Å². The van der Waals surface area contributed by atoms with Crippen molar-refractivity contribution in [3.63, 3.8) is 0 Å². The zero-order valence-corrected chi connectivity index (χ0v) is 17.5. The molecule has 0 fully saturated rings. The van der Waals surface area contributed by atoms with Crippen LogP contribution >= 0.6 is 0 Å². The first-order valence-corrected chi connectivity index (χ1v) is 10.2. The summed E-state index contributed by atoms with van der Waals surface area (Å²) < 4.78 is 17.0. The number of fused-ring (bicyclic) bond motifs is 1. The van der Waals surface area contributed by atoms with Crippen LogP contribution in [0.1, 0.15) is 58.6 Å². The largest absolute Gasteiger partial charge is 0.466 e. The lowest BCUT2D eigenvalue weighted by Gasteiger charge is -2.30. The van der Waals surface area contributed by atoms with Crippen LogP contribution in [0.3, 0.4) is 0 Å². The number of aromatic nitrogens is 1. The molecular formula is C19H29NO4Si. The molecule has 0 saturated heterocycles. The summed E-state index contributed by atoms with van der Waals surface area (Å²) in [5.41, 5.74) is 2.48. The van der Waals surface area contributed by atoms with Crippen LogP contribution in [0.4, 0.5) is 0 Å². The Balaban J connectivity index is 2.23. The van der Waals surface area contributed by atoms with Gasteiger partial charge in [-0.05, 0) is 35.6 Å². The summed E-state index contributed by atoms with van der Waals surface area (Å²) >= 11 is 0. The summed E-state index contributed by atoms with van der Waals surface area (Å²) in [6.45, 7) is 12.9. The van der Waals surface area contributed by atoms with E-state index in [1.165, 1.54) is 0 Å². The highest BCUT2D eigenvalue weighted by atomic mass is 28.2. The number of benzene rings is 1. The van der Waals surface area contributed by atoms with Crippen LogP contribution in [0.5, 0.6) is 0 Å². The Morgan fingerprint density at radius 3 is 2.72 bits per heavy atom. The lowest BCUT2D eigenvalue weighted by molar-refractivity contribution is -0.145. The normalized spacial score (nSPS) is 13.9. The van der Waals surface area contributed by atoms with E-state index >= 15 is 0 Å². The highest BCUT2D eigenvalue weighted by Crippen LogP contribution is 2.35. The Morgan fingerprint density at radius 2 is 2.08 bits per heavy atom. The molecule has 0 aliphatic rings. The average molecular weight is 364 g/mol. The van der Waals surface area contributed by atoms with Gasteiger partial charge in [0, 0.05) is 6.92 Å². The number of carbonyl (C=O) groups excluding carboxylic acids is 1. The molecule has 0 unspecified atom stereocenters. The van der Waals surface area contributed by atoms with E-state index in [0.29, 0.717) is 18.4 Å². The number of carbonyl (C=O) groups is 1. The highest BCUT2D eigenvalue weighted by Gasteiger charge is 2.27. The Morgan fingerprint density at radius 1 is 1.36 bits per heavy atom. The average Bonchev–Trinajstić information content (AvgIpc) is 2.90. The molecule has 25 heavy (non-hydrogen) atoms. The molecule has 1 aromatic carbocycles. The first-order valence-electron chi connectivity index (χ1n) is 8.87. The molecule has 0 aliphatic carbocycles. The fourth-order valence-electron chi connectivity index (χ4n) is 2.39. The van der Waals surface area contributed by atoms with Crippen molar-refractivity contribution in [3.8, 4) is 0 Å². The van der Waals surface area contributed by atoms with Crippen LogP contribution in [-0.2, 0) is 14.0 Å². The Kier molecular flexibility index (Phi) is 6.40. The third-order valence-corrected chi connectivity index (χ3v) is 6.90. The number of aryl methyl sites for hydroxylation is 1. The minimum atomic E-state index is -0.854. The Labute approximate surface area is 152 Å². The van der Waals surface area contributed by atoms with E-state index in [9.17, 15) is 4.79 Å². The van der Waals surface area contributed by atoms with Gasteiger partial charge < -0.3 is 13.6 Å². The van der Waals surface area contributed by atoms with Gasteiger partial charge >= 0.3 is 5.97 Å². The maximum atomic E-state index is 12.0. The number of hydrogen-bond acceptors (Lipinski definition) is 5. The Bertz CT molecular complexity index is 723. The number of rotatable bonds is 8. The number of oxazole rings is 1. The van der Waals surface area contributed by atoms with Gasteiger partial charge in [-0.15, -0.1) is 0 Å². The van der Waals surface area contributed by atoms with Gasteiger partial charge in [0.15, 0.2) is 21.2 Å². The molecule has 0 radical (unpaired) electrons. The number of ether oxygens (including phenoxy) is 1. The fraction of sp³-hybridized carbons (Fsp3) is 0.579. The van der Waals surface area contributed by atoms with Gasteiger partial charge in [0.1, 0.15) is 5.52 Å². The van der Waals surface area contributed by atoms with E-state index < -0.39 is 9.76 Å². The van der Waals surface area contributed by atoms with Crippen LogP contribution in [-0.4, -0.2) is 27.3 Å². The molecule has 0 N–H and O–H groups in total. The third-order valence-electron chi connectivity index (χ3n) is 4.77. The van der Waals surface area contributed by atoms with Crippen molar-refractivity contribution in [2.45, 2.75) is 59.1 Å². The van der Waals surface area contributed by atoms with Gasteiger partial charge in [-0.1, -0.05) is 33.8 Å². The van der Waals surface area contributed by atoms with Gasteiger partial charge in [0.2, 0.25) is 0 Å².